The highest BCUT2D eigenvalue weighted by Gasteiger charge is 2.27. The number of nitrogens with zero attached hydrogens (tertiary/aromatic N) is 3. The van der Waals surface area contributed by atoms with Gasteiger partial charge in [0.15, 0.2) is 0 Å². The van der Waals surface area contributed by atoms with Crippen molar-refractivity contribution in [1.82, 2.24) is 20.2 Å². The Kier molecular flexibility index (Phi) is 7.19. The Morgan fingerprint density at radius 2 is 2.21 bits per heavy atom. The van der Waals surface area contributed by atoms with Gasteiger partial charge in [-0.1, -0.05) is 13.8 Å². The zero-order valence-corrected chi connectivity index (χ0v) is 18.0. The number of thiazole rings is 1. The quantitative estimate of drug-likeness (QED) is 0.750. The molecule has 0 saturated carbocycles. The Labute approximate surface area is 175 Å². The first-order chi connectivity index (χ1) is 14.0. The third-order valence-corrected chi connectivity index (χ3v) is 6.08. The van der Waals surface area contributed by atoms with Crippen molar-refractivity contribution in [2.24, 2.45) is 5.92 Å². The number of hydrogen-bond acceptors (Lipinski definition) is 6. The molecule has 3 heterocycles. The predicted octanol–water partition coefficient (Wildman–Crippen LogP) is 2.88. The minimum atomic E-state index is -0.00680. The number of aromatic nitrogens is 2. The number of piperidine rings is 1. The minimum Gasteiger partial charge on any atom is -0.481 e. The van der Waals surface area contributed by atoms with Crippen LogP contribution in [0.1, 0.15) is 53.7 Å². The Bertz CT molecular complexity index is 835. The first kappa shape index (κ1) is 21.2. The molecule has 0 spiro atoms. The molecular formula is C21H28N4O3S. The summed E-state index contributed by atoms with van der Waals surface area (Å²) in [6, 6.07) is 3.46. The largest absolute Gasteiger partial charge is 0.481 e. The van der Waals surface area contributed by atoms with Crippen molar-refractivity contribution in [2.75, 3.05) is 26.7 Å². The van der Waals surface area contributed by atoms with Gasteiger partial charge in [0.05, 0.1) is 23.4 Å². The van der Waals surface area contributed by atoms with E-state index in [1.807, 2.05) is 18.7 Å². The number of methoxy groups -OCH3 is 1. The molecule has 1 unspecified atom stereocenters. The molecule has 1 N–H and O–H groups in total. The highest BCUT2D eigenvalue weighted by Crippen LogP contribution is 2.30. The molecule has 1 fully saturated rings. The summed E-state index contributed by atoms with van der Waals surface area (Å²) >= 11 is 1.65. The van der Waals surface area contributed by atoms with Crippen LogP contribution in [0.25, 0.3) is 0 Å². The Morgan fingerprint density at radius 3 is 2.90 bits per heavy atom. The van der Waals surface area contributed by atoms with E-state index in [0.29, 0.717) is 24.5 Å². The molecule has 1 saturated heterocycles. The number of amides is 2. The summed E-state index contributed by atoms with van der Waals surface area (Å²) in [5.74, 6) is 0.807. The lowest BCUT2D eigenvalue weighted by Crippen LogP contribution is -2.39. The minimum absolute atomic E-state index is 0.00182. The molecule has 0 radical (unpaired) electrons. The van der Waals surface area contributed by atoms with Gasteiger partial charge in [0.25, 0.3) is 5.91 Å². The molecule has 2 aromatic heterocycles. The average Bonchev–Trinajstić information content (AvgIpc) is 3.22. The van der Waals surface area contributed by atoms with Crippen molar-refractivity contribution >= 4 is 23.2 Å². The van der Waals surface area contributed by atoms with Crippen molar-refractivity contribution in [2.45, 2.75) is 39.0 Å². The number of hydrogen-bond donors (Lipinski definition) is 1. The van der Waals surface area contributed by atoms with Crippen LogP contribution in [0.2, 0.25) is 0 Å². The topological polar surface area (TPSA) is 84.4 Å². The van der Waals surface area contributed by atoms with E-state index < -0.39 is 0 Å². The molecular weight excluding hydrogens is 388 g/mol. The third kappa shape index (κ3) is 5.53. The molecule has 0 aromatic carbocycles. The summed E-state index contributed by atoms with van der Waals surface area (Å²) in [5, 5.41) is 6.06. The second-order valence-corrected chi connectivity index (χ2v) is 8.44. The number of carbonyl (C=O) groups is 2. The molecule has 1 atom stereocenters. The number of nitrogens with one attached hydrogen (secondary N) is 1. The van der Waals surface area contributed by atoms with Crippen LogP contribution < -0.4 is 10.1 Å². The van der Waals surface area contributed by atoms with Gasteiger partial charge in [0, 0.05) is 55.5 Å². The summed E-state index contributed by atoms with van der Waals surface area (Å²) in [4.78, 5) is 35.3. The number of likely N-dealkylation sites (tertiary alicyclic amines) is 1. The zero-order valence-electron chi connectivity index (χ0n) is 17.2. The monoisotopic (exact) mass is 416 g/mol. The standard InChI is InChI=1S/C21H28N4O3S/c1-14(2)19(26)22-9-8-17-13-29-20(24-17)16-5-4-10-25(12-16)21(27)15-6-7-18(28-3)23-11-15/h6-7,11,13-14,16H,4-5,8-10,12H2,1-3H3,(H,22,26). The molecule has 1 aliphatic heterocycles. The molecule has 3 rings (SSSR count). The molecule has 8 heteroatoms. The third-order valence-electron chi connectivity index (χ3n) is 5.02. The lowest BCUT2D eigenvalue weighted by atomic mass is 9.98. The van der Waals surface area contributed by atoms with Gasteiger partial charge in [-0.05, 0) is 18.9 Å². The van der Waals surface area contributed by atoms with Crippen molar-refractivity contribution in [1.29, 1.82) is 0 Å². The first-order valence-corrected chi connectivity index (χ1v) is 10.9. The van der Waals surface area contributed by atoms with Crippen LogP contribution in [0.15, 0.2) is 23.7 Å². The molecule has 2 aromatic rings. The maximum Gasteiger partial charge on any atom is 0.255 e. The lowest BCUT2D eigenvalue weighted by Gasteiger charge is -2.31. The normalized spacial score (nSPS) is 16.7. The second-order valence-electron chi connectivity index (χ2n) is 7.55. The van der Waals surface area contributed by atoms with Crippen LogP contribution in [0.5, 0.6) is 5.88 Å². The Balaban J connectivity index is 1.57. The van der Waals surface area contributed by atoms with Gasteiger partial charge < -0.3 is 15.0 Å². The predicted molar refractivity (Wildman–Crippen MR) is 112 cm³/mol. The van der Waals surface area contributed by atoms with Crippen LogP contribution in [-0.4, -0.2) is 53.4 Å². The SMILES string of the molecule is COc1ccc(C(=O)N2CCCC(c3nc(CCNC(=O)C(C)C)cs3)C2)cn1. The number of rotatable bonds is 7. The van der Waals surface area contributed by atoms with Gasteiger partial charge in [0.2, 0.25) is 11.8 Å². The highest BCUT2D eigenvalue weighted by molar-refractivity contribution is 7.09. The lowest BCUT2D eigenvalue weighted by molar-refractivity contribution is -0.123. The van der Waals surface area contributed by atoms with E-state index in [4.69, 9.17) is 9.72 Å². The maximum absolute atomic E-state index is 12.8. The summed E-state index contributed by atoms with van der Waals surface area (Å²) in [6.45, 7) is 5.78. The van der Waals surface area contributed by atoms with Gasteiger partial charge >= 0.3 is 0 Å². The average molecular weight is 417 g/mol. The molecule has 7 nitrogen and oxygen atoms in total. The number of carbonyl (C=O) groups excluding carboxylic acids is 2. The van der Waals surface area contributed by atoms with Crippen LogP contribution in [0.3, 0.4) is 0 Å². The first-order valence-electron chi connectivity index (χ1n) is 9.99. The van der Waals surface area contributed by atoms with Crippen molar-refractivity contribution in [3.8, 4) is 5.88 Å². The van der Waals surface area contributed by atoms with Crippen LogP contribution in [-0.2, 0) is 11.2 Å². The van der Waals surface area contributed by atoms with Crippen molar-refractivity contribution < 1.29 is 14.3 Å². The maximum atomic E-state index is 12.8. The summed E-state index contributed by atoms with van der Waals surface area (Å²) < 4.78 is 5.06. The van der Waals surface area contributed by atoms with Gasteiger partial charge in [-0.2, -0.15) is 0 Å². The molecule has 0 aliphatic carbocycles. The summed E-state index contributed by atoms with van der Waals surface area (Å²) in [7, 11) is 1.56. The number of pyridine rings is 1. The number of ether oxygens (including phenoxy) is 1. The van der Waals surface area contributed by atoms with E-state index in [2.05, 4.69) is 15.7 Å². The van der Waals surface area contributed by atoms with Gasteiger partial charge in [-0.3, -0.25) is 9.59 Å². The van der Waals surface area contributed by atoms with Gasteiger partial charge in [-0.25, -0.2) is 9.97 Å². The van der Waals surface area contributed by atoms with Crippen LogP contribution in [0.4, 0.5) is 0 Å². The summed E-state index contributed by atoms with van der Waals surface area (Å²) in [5.41, 5.74) is 1.57. The second kappa shape index (κ2) is 9.82. The summed E-state index contributed by atoms with van der Waals surface area (Å²) in [6.07, 6.45) is 4.28. The molecule has 2 amide bonds. The van der Waals surface area contributed by atoms with E-state index in [1.165, 1.54) is 0 Å². The highest BCUT2D eigenvalue weighted by atomic mass is 32.1. The van der Waals surface area contributed by atoms with E-state index in [0.717, 1.165) is 36.5 Å². The van der Waals surface area contributed by atoms with Gasteiger partial charge in [0.1, 0.15) is 0 Å². The van der Waals surface area contributed by atoms with E-state index in [1.54, 1.807) is 36.8 Å². The Morgan fingerprint density at radius 1 is 1.38 bits per heavy atom. The molecule has 29 heavy (non-hydrogen) atoms. The van der Waals surface area contributed by atoms with E-state index in [-0.39, 0.29) is 23.7 Å². The van der Waals surface area contributed by atoms with Gasteiger partial charge in [-0.15, -0.1) is 11.3 Å². The fourth-order valence-corrected chi connectivity index (χ4v) is 4.30. The van der Waals surface area contributed by atoms with Crippen LogP contribution >= 0.6 is 11.3 Å². The van der Waals surface area contributed by atoms with E-state index in [9.17, 15) is 9.59 Å². The van der Waals surface area contributed by atoms with Crippen molar-refractivity contribution in [3.05, 3.63) is 40.0 Å². The van der Waals surface area contributed by atoms with Crippen molar-refractivity contribution in [3.63, 3.8) is 0 Å². The van der Waals surface area contributed by atoms with Crippen LogP contribution in [0, 0.1) is 5.92 Å². The zero-order chi connectivity index (χ0) is 20.8. The van der Waals surface area contributed by atoms with E-state index >= 15 is 0 Å². The molecule has 0 bridgehead atoms. The molecule has 1 aliphatic rings. The fourth-order valence-electron chi connectivity index (χ4n) is 3.32. The Hall–Kier alpha value is -2.48. The smallest absolute Gasteiger partial charge is 0.255 e. The fraction of sp³-hybridized carbons (Fsp3) is 0.524. The molecule has 156 valence electrons.